The van der Waals surface area contributed by atoms with Gasteiger partial charge in [-0.25, -0.2) is 4.79 Å². The summed E-state index contributed by atoms with van der Waals surface area (Å²) in [7, 11) is 1.51. The Bertz CT molecular complexity index is 579. The lowest BCUT2D eigenvalue weighted by Gasteiger charge is -2.21. The third kappa shape index (κ3) is 5.03. The van der Waals surface area contributed by atoms with Crippen molar-refractivity contribution in [3.63, 3.8) is 0 Å². The number of nitrogens with one attached hydrogen (secondary N) is 3. The van der Waals surface area contributed by atoms with Gasteiger partial charge in [-0.2, -0.15) is 0 Å². The van der Waals surface area contributed by atoms with Crippen LogP contribution in [0.2, 0.25) is 5.02 Å². The summed E-state index contributed by atoms with van der Waals surface area (Å²) in [4.78, 5) is 25.0. The quantitative estimate of drug-likeness (QED) is 0.762. The minimum absolute atomic E-state index is 0.0104. The van der Waals surface area contributed by atoms with Gasteiger partial charge in [0.25, 0.3) is 0 Å². The van der Waals surface area contributed by atoms with Gasteiger partial charge in [-0.3, -0.25) is 4.79 Å². The second-order valence-electron chi connectivity index (χ2n) is 5.77. The van der Waals surface area contributed by atoms with Gasteiger partial charge in [0, 0.05) is 37.4 Å². The van der Waals surface area contributed by atoms with Gasteiger partial charge in [-0.05, 0) is 37.0 Å². The molecule has 0 radical (unpaired) electrons. The summed E-state index contributed by atoms with van der Waals surface area (Å²) in [5, 5.41) is 8.48. The fourth-order valence-electron chi connectivity index (χ4n) is 2.71. The zero-order valence-corrected chi connectivity index (χ0v) is 14.2. The number of urea groups is 1. The topological polar surface area (TPSA) is 73.5 Å². The number of carbonyl (C=O) groups is 2. The van der Waals surface area contributed by atoms with E-state index in [1.54, 1.807) is 0 Å². The highest BCUT2D eigenvalue weighted by Gasteiger charge is 2.24. The van der Waals surface area contributed by atoms with Crippen LogP contribution in [-0.2, 0) is 4.79 Å². The Hall–Kier alpha value is -1.95. The third-order valence-electron chi connectivity index (χ3n) is 4.02. The summed E-state index contributed by atoms with van der Waals surface area (Å²) in [5.41, 5.74) is 2.36. The summed E-state index contributed by atoms with van der Waals surface area (Å²) in [6, 6.07) is 5.55. The van der Waals surface area contributed by atoms with Crippen molar-refractivity contribution in [2.45, 2.75) is 13.3 Å². The van der Waals surface area contributed by atoms with Crippen molar-refractivity contribution in [3.05, 3.63) is 28.8 Å². The zero-order valence-electron chi connectivity index (χ0n) is 13.5. The predicted octanol–water partition coefficient (Wildman–Crippen LogP) is 1.52. The van der Waals surface area contributed by atoms with Crippen LogP contribution in [0.3, 0.4) is 0 Å². The normalized spacial score (nSPS) is 17.0. The largest absolute Gasteiger partial charge is 0.371 e. The van der Waals surface area contributed by atoms with E-state index >= 15 is 0 Å². The summed E-state index contributed by atoms with van der Waals surface area (Å²) in [5.74, 6) is 0.225. The molecular formula is C16H23ClN4O2. The summed E-state index contributed by atoms with van der Waals surface area (Å²) in [6.45, 7) is 4.53. The number of rotatable bonds is 5. The molecule has 0 spiro atoms. The minimum Gasteiger partial charge on any atom is -0.371 e. The molecule has 0 unspecified atom stereocenters. The minimum atomic E-state index is -0.358. The van der Waals surface area contributed by atoms with Gasteiger partial charge in [-0.1, -0.05) is 17.7 Å². The van der Waals surface area contributed by atoms with E-state index in [9.17, 15) is 9.59 Å². The second kappa shape index (κ2) is 8.06. The molecule has 0 aliphatic carbocycles. The van der Waals surface area contributed by atoms with Crippen LogP contribution in [0.1, 0.15) is 12.0 Å². The first-order chi connectivity index (χ1) is 11.0. The number of hydrogen-bond donors (Lipinski definition) is 3. The van der Waals surface area contributed by atoms with Crippen molar-refractivity contribution in [2.75, 3.05) is 38.1 Å². The second-order valence-corrected chi connectivity index (χ2v) is 6.20. The highest BCUT2D eigenvalue weighted by atomic mass is 35.5. The van der Waals surface area contributed by atoms with Crippen LogP contribution in [0.5, 0.6) is 0 Å². The van der Waals surface area contributed by atoms with Crippen LogP contribution in [0.25, 0.3) is 0 Å². The number of benzene rings is 1. The van der Waals surface area contributed by atoms with E-state index in [1.165, 1.54) is 12.6 Å². The molecule has 23 heavy (non-hydrogen) atoms. The molecule has 3 amide bonds. The molecule has 2 rings (SSSR count). The maximum atomic E-state index is 11.7. The SMILES string of the molecule is CNC(=O)NCC(=O)NC[C@H]1CCN(c2cc(Cl)ccc2C)C1. The van der Waals surface area contributed by atoms with E-state index < -0.39 is 0 Å². The van der Waals surface area contributed by atoms with Gasteiger partial charge in [-0.15, -0.1) is 0 Å². The summed E-state index contributed by atoms with van der Waals surface area (Å²) < 4.78 is 0. The first kappa shape index (κ1) is 17.4. The molecule has 1 aliphatic heterocycles. The highest BCUT2D eigenvalue weighted by Crippen LogP contribution is 2.29. The molecule has 1 aromatic carbocycles. The van der Waals surface area contributed by atoms with Crippen LogP contribution in [-0.4, -0.2) is 45.2 Å². The van der Waals surface area contributed by atoms with Gasteiger partial charge in [0.05, 0.1) is 6.54 Å². The number of carbonyl (C=O) groups excluding carboxylic acids is 2. The fourth-order valence-corrected chi connectivity index (χ4v) is 2.88. The predicted molar refractivity (Wildman–Crippen MR) is 92.0 cm³/mol. The van der Waals surface area contributed by atoms with E-state index in [4.69, 9.17) is 11.6 Å². The van der Waals surface area contributed by atoms with E-state index in [0.717, 1.165) is 30.2 Å². The molecule has 0 bridgehead atoms. The average Bonchev–Trinajstić information content (AvgIpc) is 3.01. The molecule has 1 saturated heterocycles. The molecule has 1 aliphatic rings. The lowest BCUT2D eigenvalue weighted by atomic mass is 10.1. The molecule has 3 N–H and O–H groups in total. The molecule has 1 fully saturated rings. The van der Waals surface area contributed by atoms with Crippen molar-refractivity contribution < 1.29 is 9.59 Å². The molecule has 0 saturated carbocycles. The lowest BCUT2D eigenvalue weighted by molar-refractivity contribution is -0.120. The smallest absolute Gasteiger partial charge is 0.314 e. The van der Waals surface area contributed by atoms with Crippen molar-refractivity contribution in [2.24, 2.45) is 5.92 Å². The van der Waals surface area contributed by atoms with Crippen LogP contribution in [0.15, 0.2) is 18.2 Å². The van der Waals surface area contributed by atoms with E-state index in [1.807, 2.05) is 18.2 Å². The van der Waals surface area contributed by atoms with Crippen LogP contribution >= 0.6 is 11.6 Å². The zero-order chi connectivity index (χ0) is 16.8. The molecule has 126 valence electrons. The van der Waals surface area contributed by atoms with Crippen LogP contribution in [0, 0.1) is 12.8 Å². The molecule has 1 aromatic rings. The first-order valence-electron chi connectivity index (χ1n) is 7.73. The number of halogens is 1. The van der Waals surface area contributed by atoms with Crippen molar-refractivity contribution in [3.8, 4) is 0 Å². The lowest BCUT2D eigenvalue weighted by Crippen LogP contribution is -2.42. The van der Waals surface area contributed by atoms with Gasteiger partial charge in [0.15, 0.2) is 0 Å². The summed E-state index contributed by atoms with van der Waals surface area (Å²) in [6.07, 6.45) is 1.02. The Labute approximate surface area is 141 Å². The monoisotopic (exact) mass is 338 g/mol. The number of anilines is 1. The van der Waals surface area contributed by atoms with Gasteiger partial charge in [0.1, 0.15) is 0 Å². The Kier molecular flexibility index (Phi) is 6.10. The number of aryl methyl sites for hydroxylation is 1. The van der Waals surface area contributed by atoms with Crippen molar-refractivity contribution in [1.29, 1.82) is 0 Å². The highest BCUT2D eigenvalue weighted by molar-refractivity contribution is 6.30. The number of nitrogens with zero attached hydrogens (tertiary/aromatic N) is 1. The molecule has 1 heterocycles. The molecular weight excluding hydrogens is 316 g/mol. The van der Waals surface area contributed by atoms with Gasteiger partial charge in [0.2, 0.25) is 5.91 Å². The van der Waals surface area contributed by atoms with Crippen molar-refractivity contribution in [1.82, 2.24) is 16.0 Å². The van der Waals surface area contributed by atoms with Crippen LogP contribution in [0.4, 0.5) is 10.5 Å². The molecule has 1 atom stereocenters. The van der Waals surface area contributed by atoms with E-state index in [-0.39, 0.29) is 18.5 Å². The Morgan fingerprint density at radius 2 is 2.13 bits per heavy atom. The number of hydrogen-bond acceptors (Lipinski definition) is 3. The van der Waals surface area contributed by atoms with E-state index in [2.05, 4.69) is 27.8 Å². The Balaban J connectivity index is 1.78. The Morgan fingerprint density at radius 3 is 2.87 bits per heavy atom. The maximum absolute atomic E-state index is 11.7. The van der Waals surface area contributed by atoms with Crippen LogP contribution < -0.4 is 20.9 Å². The third-order valence-corrected chi connectivity index (χ3v) is 4.26. The Morgan fingerprint density at radius 1 is 1.35 bits per heavy atom. The molecule has 7 heteroatoms. The van der Waals surface area contributed by atoms with E-state index in [0.29, 0.717) is 12.5 Å². The molecule has 0 aromatic heterocycles. The fraction of sp³-hybridized carbons (Fsp3) is 0.500. The maximum Gasteiger partial charge on any atom is 0.314 e. The standard InChI is InChI=1S/C16H23ClN4O2/c1-11-3-4-13(17)7-14(11)21-6-5-12(10-21)8-19-15(22)9-20-16(23)18-2/h3-4,7,12H,5-6,8-10H2,1-2H3,(H,19,22)(H2,18,20,23)/t12-/m1/s1. The first-order valence-corrected chi connectivity index (χ1v) is 8.10. The van der Waals surface area contributed by atoms with Gasteiger partial charge >= 0.3 is 6.03 Å². The number of amides is 3. The van der Waals surface area contributed by atoms with Crippen molar-refractivity contribution >= 4 is 29.2 Å². The summed E-state index contributed by atoms with van der Waals surface area (Å²) >= 11 is 6.08. The molecule has 6 nitrogen and oxygen atoms in total. The average molecular weight is 339 g/mol. The van der Waals surface area contributed by atoms with Gasteiger partial charge < -0.3 is 20.9 Å².